The van der Waals surface area contributed by atoms with Crippen molar-refractivity contribution in [2.75, 3.05) is 11.5 Å². The van der Waals surface area contributed by atoms with E-state index in [1.165, 1.54) is 29.2 Å². The molecule has 33 heavy (non-hydrogen) atoms. The van der Waals surface area contributed by atoms with E-state index in [2.05, 4.69) is 0 Å². The third kappa shape index (κ3) is 4.22. The number of aryl methyl sites for hydroxylation is 1. The van der Waals surface area contributed by atoms with Crippen LogP contribution in [-0.4, -0.2) is 23.4 Å². The van der Waals surface area contributed by atoms with Gasteiger partial charge in [0.05, 0.1) is 18.2 Å². The number of aliphatic hydroxyl groups excluding tert-OH is 1. The van der Waals surface area contributed by atoms with Crippen molar-refractivity contribution in [1.82, 2.24) is 0 Å². The molecule has 1 aliphatic heterocycles. The molecule has 0 aliphatic carbocycles. The van der Waals surface area contributed by atoms with Crippen molar-refractivity contribution in [3.05, 3.63) is 99.8 Å². The number of halogens is 2. The molecule has 4 rings (SSSR count). The Bertz CT molecular complexity index is 1270. The first-order valence-electron chi connectivity index (χ1n) is 10.4. The van der Waals surface area contributed by atoms with Gasteiger partial charge in [-0.15, -0.1) is 0 Å². The molecule has 0 saturated carbocycles. The zero-order valence-electron chi connectivity index (χ0n) is 18.0. The van der Waals surface area contributed by atoms with Gasteiger partial charge in [0.25, 0.3) is 11.7 Å². The number of ether oxygens (including phenoxy) is 1. The molecule has 1 amide bonds. The number of nitrogens with zero attached hydrogens (tertiary/aromatic N) is 1. The van der Waals surface area contributed by atoms with Gasteiger partial charge >= 0.3 is 0 Å². The van der Waals surface area contributed by atoms with Crippen LogP contribution in [0.4, 0.5) is 10.1 Å². The van der Waals surface area contributed by atoms with Crippen LogP contribution in [-0.2, 0) is 9.59 Å². The molecular weight excluding hydrogens is 445 g/mol. The fourth-order valence-electron chi connectivity index (χ4n) is 3.95. The van der Waals surface area contributed by atoms with Crippen LogP contribution >= 0.6 is 11.6 Å². The topological polar surface area (TPSA) is 66.8 Å². The maximum absolute atomic E-state index is 14.0. The summed E-state index contributed by atoms with van der Waals surface area (Å²) in [7, 11) is 0. The molecule has 3 aromatic carbocycles. The van der Waals surface area contributed by atoms with Gasteiger partial charge in [0.2, 0.25) is 0 Å². The van der Waals surface area contributed by atoms with Crippen LogP contribution in [0.2, 0.25) is 5.02 Å². The molecule has 1 fully saturated rings. The second kappa shape index (κ2) is 9.08. The largest absolute Gasteiger partial charge is 0.507 e. The van der Waals surface area contributed by atoms with Crippen molar-refractivity contribution in [2.45, 2.75) is 19.9 Å². The molecule has 1 unspecified atom stereocenters. The first-order valence-corrected chi connectivity index (χ1v) is 10.8. The quantitative estimate of drug-likeness (QED) is 0.293. The fraction of sp³-hybridized carbons (Fsp3) is 0.154. The summed E-state index contributed by atoms with van der Waals surface area (Å²) in [5.74, 6) is -1.93. The Morgan fingerprint density at radius 2 is 1.82 bits per heavy atom. The molecule has 0 bridgehead atoms. The number of ketones is 1. The summed E-state index contributed by atoms with van der Waals surface area (Å²) >= 11 is 6.03. The average Bonchev–Trinajstić information content (AvgIpc) is 3.06. The Hall–Kier alpha value is -3.64. The smallest absolute Gasteiger partial charge is 0.300 e. The molecule has 1 atom stereocenters. The van der Waals surface area contributed by atoms with Crippen LogP contribution in [0.15, 0.2) is 72.3 Å². The second-order valence-corrected chi connectivity index (χ2v) is 8.05. The van der Waals surface area contributed by atoms with Gasteiger partial charge in [0.1, 0.15) is 17.3 Å². The molecule has 1 aliphatic rings. The Labute approximate surface area is 195 Å². The van der Waals surface area contributed by atoms with Gasteiger partial charge in [-0.05, 0) is 73.5 Å². The number of hydrogen-bond acceptors (Lipinski definition) is 4. The molecule has 1 saturated heterocycles. The van der Waals surface area contributed by atoms with E-state index in [0.717, 1.165) is 5.56 Å². The van der Waals surface area contributed by atoms with E-state index < -0.39 is 23.5 Å². The highest BCUT2D eigenvalue weighted by Gasteiger charge is 2.47. The first kappa shape index (κ1) is 22.6. The van der Waals surface area contributed by atoms with Crippen molar-refractivity contribution in [3.8, 4) is 5.75 Å². The summed E-state index contributed by atoms with van der Waals surface area (Å²) in [5.41, 5.74) is 1.80. The number of carbonyl (C=O) groups is 2. The Kier molecular flexibility index (Phi) is 6.20. The van der Waals surface area contributed by atoms with E-state index in [9.17, 15) is 19.1 Å². The average molecular weight is 466 g/mol. The van der Waals surface area contributed by atoms with Crippen LogP contribution in [0.3, 0.4) is 0 Å². The molecule has 168 valence electrons. The minimum Gasteiger partial charge on any atom is -0.507 e. The lowest BCUT2D eigenvalue weighted by molar-refractivity contribution is -0.132. The molecule has 0 spiro atoms. The van der Waals surface area contributed by atoms with E-state index in [1.54, 1.807) is 42.5 Å². The van der Waals surface area contributed by atoms with Gasteiger partial charge in [0.15, 0.2) is 0 Å². The van der Waals surface area contributed by atoms with Gasteiger partial charge in [-0.25, -0.2) is 4.39 Å². The second-order valence-electron chi connectivity index (χ2n) is 7.61. The Morgan fingerprint density at radius 1 is 1.09 bits per heavy atom. The minimum absolute atomic E-state index is 0.0878. The van der Waals surface area contributed by atoms with Crippen molar-refractivity contribution in [1.29, 1.82) is 0 Å². The van der Waals surface area contributed by atoms with Gasteiger partial charge in [-0.1, -0.05) is 29.8 Å². The number of rotatable bonds is 5. The van der Waals surface area contributed by atoms with Crippen LogP contribution < -0.4 is 9.64 Å². The zero-order valence-corrected chi connectivity index (χ0v) is 18.8. The lowest BCUT2D eigenvalue weighted by Crippen LogP contribution is -2.29. The molecule has 3 aromatic rings. The fourth-order valence-corrected chi connectivity index (χ4v) is 4.08. The molecule has 1 heterocycles. The highest BCUT2D eigenvalue weighted by molar-refractivity contribution is 6.51. The van der Waals surface area contributed by atoms with Crippen LogP contribution in [0.25, 0.3) is 5.76 Å². The number of carbonyl (C=O) groups excluding carboxylic acids is 2. The van der Waals surface area contributed by atoms with Crippen molar-refractivity contribution < 1.29 is 23.8 Å². The number of amides is 1. The van der Waals surface area contributed by atoms with Gasteiger partial charge in [-0.3, -0.25) is 14.5 Å². The number of benzene rings is 3. The zero-order chi connectivity index (χ0) is 23.7. The third-order valence-electron chi connectivity index (χ3n) is 5.46. The maximum atomic E-state index is 14.0. The summed E-state index contributed by atoms with van der Waals surface area (Å²) in [6, 6.07) is 16.1. The first-order chi connectivity index (χ1) is 15.8. The summed E-state index contributed by atoms with van der Waals surface area (Å²) < 4.78 is 19.5. The van der Waals surface area contributed by atoms with Crippen LogP contribution in [0, 0.1) is 12.7 Å². The Balaban J connectivity index is 1.91. The normalized spacial score (nSPS) is 17.5. The summed E-state index contributed by atoms with van der Waals surface area (Å²) in [6.07, 6.45) is 0. The maximum Gasteiger partial charge on any atom is 0.300 e. The SMILES string of the molecule is CCOc1ccc(/C(O)=C2\C(=O)C(=O)N(c3cccc(F)c3)C2c2ccc(Cl)cc2)cc1C. The highest BCUT2D eigenvalue weighted by Crippen LogP contribution is 2.42. The predicted molar refractivity (Wildman–Crippen MR) is 125 cm³/mol. The molecule has 1 N–H and O–H groups in total. The van der Waals surface area contributed by atoms with Crippen molar-refractivity contribution in [3.63, 3.8) is 0 Å². The van der Waals surface area contributed by atoms with Gasteiger partial charge in [-0.2, -0.15) is 0 Å². The highest BCUT2D eigenvalue weighted by atomic mass is 35.5. The summed E-state index contributed by atoms with van der Waals surface area (Å²) in [5, 5.41) is 11.7. The lowest BCUT2D eigenvalue weighted by atomic mass is 9.94. The van der Waals surface area contributed by atoms with E-state index in [0.29, 0.717) is 28.5 Å². The minimum atomic E-state index is -0.962. The van der Waals surface area contributed by atoms with E-state index in [4.69, 9.17) is 16.3 Å². The van der Waals surface area contributed by atoms with Crippen LogP contribution in [0.1, 0.15) is 29.7 Å². The standard InChI is InChI=1S/C26H21ClFNO4/c1-3-33-21-12-9-17(13-15(21)2)24(30)22-23(16-7-10-18(27)11-8-16)29(26(32)25(22)31)20-6-4-5-19(28)14-20/h4-14,23,30H,3H2,1-2H3/b24-22+. The number of aliphatic hydroxyl groups is 1. The molecular formula is C26H21ClFNO4. The molecule has 0 radical (unpaired) electrons. The number of Topliss-reactive ketones (excluding diaryl/α,β-unsaturated/α-hetero) is 1. The predicted octanol–water partition coefficient (Wildman–Crippen LogP) is 5.81. The molecule has 7 heteroatoms. The summed E-state index contributed by atoms with van der Waals surface area (Å²) in [4.78, 5) is 27.4. The number of hydrogen-bond donors (Lipinski definition) is 1. The summed E-state index contributed by atoms with van der Waals surface area (Å²) in [6.45, 7) is 4.18. The van der Waals surface area contributed by atoms with E-state index in [-0.39, 0.29) is 17.0 Å². The third-order valence-corrected chi connectivity index (χ3v) is 5.72. The van der Waals surface area contributed by atoms with E-state index in [1.807, 2.05) is 13.8 Å². The van der Waals surface area contributed by atoms with E-state index >= 15 is 0 Å². The Morgan fingerprint density at radius 3 is 2.45 bits per heavy atom. The lowest BCUT2D eigenvalue weighted by Gasteiger charge is -2.25. The molecule has 0 aromatic heterocycles. The monoisotopic (exact) mass is 465 g/mol. The van der Waals surface area contributed by atoms with Crippen LogP contribution in [0.5, 0.6) is 5.75 Å². The van der Waals surface area contributed by atoms with Gasteiger partial charge in [0, 0.05) is 16.3 Å². The van der Waals surface area contributed by atoms with Crippen molar-refractivity contribution in [2.24, 2.45) is 0 Å². The van der Waals surface area contributed by atoms with Gasteiger partial charge < -0.3 is 9.84 Å². The van der Waals surface area contributed by atoms with Crippen molar-refractivity contribution >= 4 is 34.7 Å². The number of anilines is 1. The molecule has 5 nitrogen and oxygen atoms in total.